The van der Waals surface area contributed by atoms with E-state index in [2.05, 4.69) is 24.2 Å². The molecule has 4 aromatic heterocycles. The molecule has 0 amide bonds. The molecule has 150 heavy (non-hydrogen) atoms. The van der Waals surface area contributed by atoms with Crippen LogP contribution in [0.2, 0.25) is 25.1 Å². The van der Waals surface area contributed by atoms with Crippen molar-refractivity contribution in [3.63, 3.8) is 0 Å². The van der Waals surface area contributed by atoms with Gasteiger partial charge in [-0.1, -0.05) is 119 Å². The summed E-state index contributed by atoms with van der Waals surface area (Å²) in [6, 6.07) is 45.8. The number of phenols is 4. The topological polar surface area (TPSA) is 460 Å². The Kier molecular flexibility index (Phi) is 37.0. The van der Waals surface area contributed by atoms with E-state index in [0.29, 0.717) is 187 Å². The summed E-state index contributed by atoms with van der Waals surface area (Å²) in [6.45, 7) is 4.34. The van der Waals surface area contributed by atoms with Gasteiger partial charge < -0.3 is 111 Å². The number of aromatic hydroxyl groups is 4. The van der Waals surface area contributed by atoms with Gasteiger partial charge in [-0.3, -0.25) is 9.59 Å². The fourth-order valence-electron chi connectivity index (χ4n) is 14.6. The Labute approximate surface area is 891 Å². The van der Waals surface area contributed by atoms with Crippen molar-refractivity contribution in [3.8, 4) is 103 Å². The molecule has 0 spiro atoms. The minimum atomic E-state index is -1.30. The lowest BCUT2D eigenvalue weighted by Gasteiger charge is -2.31. The maximum absolute atomic E-state index is 12.4. The average molecular weight is 2190 g/mol. The first-order valence-corrected chi connectivity index (χ1v) is 51.0. The third-order valence-corrected chi connectivity index (χ3v) is 26.8. The zero-order valence-electron chi connectivity index (χ0n) is 80.9. The van der Waals surface area contributed by atoms with Crippen LogP contribution >= 0.6 is 80.7 Å². The normalized spacial score (nSPS) is 14.8. The Morgan fingerprint density at radius 2 is 0.673 bits per heavy atom. The second kappa shape index (κ2) is 50.9. The molecule has 8 aliphatic rings. The number of pyridine rings is 2. The Bertz CT molecular complexity index is 6990. The highest BCUT2D eigenvalue weighted by Crippen LogP contribution is 2.49. The van der Waals surface area contributed by atoms with Gasteiger partial charge in [-0.05, 0) is 178 Å². The summed E-state index contributed by atoms with van der Waals surface area (Å²) in [5.41, 5.74) is 7.42. The van der Waals surface area contributed by atoms with Gasteiger partial charge in [-0.15, -0.1) is 22.7 Å². The lowest BCUT2D eigenvalue weighted by molar-refractivity contribution is 0.0586. The van der Waals surface area contributed by atoms with Gasteiger partial charge in [0.1, 0.15) is 144 Å². The van der Waals surface area contributed by atoms with Crippen LogP contribution in [0.1, 0.15) is 185 Å². The Morgan fingerprint density at radius 1 is 0.347 bits per heavy atom. The van der Waals surface area contributed by atoms with Crippen molar-refractivity contribution in [2.45, 2.75) is 103 Å². The lowest BCUT2D eigenvalue weighted by Crippen LogP contribution is -2.28. The summed E-state index contributed by atoms with van der Waals surface area (Å²) in [7, 11) is 5.07. The first-order chi connectivity index (χ1) is 72.3. The molecule has 21 rings (SSSR count). The van der Waals surface area contributed by atoms with Crippen molar-refractivity contribution in [1.82, 2.24) is 19.1 Å². The number of halogens is 5. The first-order valence-electron chi connectivity index (χ1n) is 47.3. The number of hydrogen-bond donors (Lipinski definition) is 7. The van der Waals surface area contributed by atoms with E-state index >= 15 is 0 Å². The maximum Gasteiger partial charge on any atom is 0.341 e. The second-order valence-corrected chi connectivity index (χ2v) is 39.2. The second-order valence-electron chi connectivity index (χ2n) is 35.7. The number of rotatable bonds is 33. The number of fused-ring (bicyclic) bond motifs is 6. The number of hydrogen-bond acceptors (Lipinski definition) is 31. The number of carboxylic acid groups (broad SMARTS) is 3. The predicted octanol–water partition coefficient (Wildman–Crippen LogP) is 22.5. The van der Waals surface area contributed by atoms with E-state index in [0.717, 1.165) is 42.9 Å². The number of esters is 4. The minimum absolute atomic E-state index is 0.0321. The van der Waals surface area contributed by atoms with Gasteiger partial charge in [0.25, 0.3) is 0 Å². The van der Waals surface area contributed by atoms with E-state index in [1.807, 2.05) is 71.4 Å². The summed E-state index contributed by atoms with van der Waals surface area (Å²) in [4.78, 5) is 113. The Hall–Kier alpha value is -14.9. The average Bonchev–Trinajstić information content (AvgIpc) is 1.55. The summed E-state index contributed by atoms with van der Waals surface area (Å²) >= 11 is 33.9. The van der Waals surface area contributed by atoms with Gasteiger partial charge in [-0.25, -0.2) is 43.5 Å². The van der Waals surface area contributed by atoms with Crippen molar-refractivity contribution in [2.24, 2.45) is 35.5 Å². The van der Waals surface area contributed by atoms with Gasteiger partial charge in [0.05, 0.1) is 116 Å². The molecule has 0 unspecified atom stereocenters. The van der Waals surface area contributed by atoms with Crippen LogP contribution < -0.4 is 58.2 Å². The quantitative estimate of drug-likeness (QED) is 0.0148. The predicted molar refractivity (Wildman–Crippen MR) is 555 cm³/mol. The standard InChI is InChI=1S/2C20H15ClN2O5S.C19H19ClO4.C18H17ClO4.C12H13ClO4.C12H14O4.C8H8O4/c2*21-13-3-11-15-4-16(24)12(20(25)26)6-23(15)19(14-8-29-9-22-14)28-17(11)5-18(13)27-7-10-1-2-10;1-22-19(21)15-9-16(20)18(24-12-14-7-8-14)10-17(15)23-11-13-5-3-2-4-6-13;19-15-8-14(18(20)21)16(9-17(15)23-11-13-6-7-13)22-10-12-4-2-1-3-5-12;1-16-12(15)8-4-9(13)11(5-10(8)14)17-6-7-2-3-7;1-15-12(14)10-5-4-9(6-11(10)13)16-7-8-2-3-8;1-12-8(11)6-3-2-5(9)4-7(6)10/h2*3-6,8-10,19H,1-2,7H2,(H,25,26);2-6,9-10,14H,7-8,11-12H2,1H3;1-5,8-9,13H,6-7,10-11H2,(H,20,21);4-5,7,14H,2-3,6H2,1H3;4-6,8,13H,2-3,7H2,1H3;2-4,9-10H,1H3/t2*19-;;;;;/m10...../s1. The minimum Gasteiger partial charge on any atom is -0.508 e. The van der Waals surface area contributed by atoms with E-state index in [1.54, 1.807) is 62.6 Å². The molecule has 6 aliphatic carbocycles. The maximum atomic E-state index is 12.4. The highest BCUT2D eigenvalue weighted by Gasteiger charge is 2.36. The van der Waals surface area contributed by atoms with E-state index in [1.165, 1.54) is 176 Å². The van der Waals surface area contributed by atoms with Gasteiger partial charge in [0.2, 0.25) is 12.5 Å². The number of benzene rings is 9. The monoisotopic (exact) mass is 2180 g/mol. The summed E-state index contributed by atoms with van der Waals surface area (Å²) < 4.78 is 79.3. The molecule has 2 atom stereocenters. The molecule has 6 fully saturated rings. The number of aromatic nitrogens is 4. The smallest absolute Gasteiger partial charge is 0.341 e. The van der Waals surface area contributed by atoms with Crippen molar-refractivity contribution in [1.29, 1.82) is 0 Å². The first kappa shape index (κ1) is 109. The van der Waals surface area contributed by atoms with Crippen molar-refractivity contribution >= 4 is 122 Å². The van der Waals surface area contributed by atoms with E-state index in [-0.39, 0.29) is 79.3 Å². The van der Waals surface area contributed by atoms with Crippen LogP contribution in [0.15, 0.2) is 214 Å². The van der Waals surface area contributed by atoms with E-state index in [9.17, 15) is 68.7 Å². The van der Waals surface area contributed by atoms with Crippen LogP contribution in [-0.2, 0) is 32.2 Å². The molecule has 34 nitrogen and oxygen atoms in total. The van der Waals surface area contributed by atoms with Crippen LogP contribution in [0, 0.1) is 35.5 Å². The number of nitrogens with zero attached hydrogens (tertiary/aromatic N) is 4. The van der Waals surface area contributed by atoms with E-state index in [4.69, 9.17) is 120 Å². The number of phenolic OH excluding ortho intramolecular Hbond substituents is 4. The van der Waals surface area contributed by atoms with Crippen LogP contribution in [0.3, 0.4) is 0 Å². The molecular formula is C109H101Cl5N4O30S2. The number of carbonyl (C=O) groups excluding carboxylic acids is 4. The zero-order valence-corrected chi connectivity index (χ0v) is 86.3. The summed E-state index contributed by atoms with van der Waals surface area (Å²) in [6.07, 6.45) is 15.3. The van der Waals surface area contributed by atoms with Crippen LogP contribution in [-0.4, -0.2) is 165 Å². The molecule has 6 heterocycles. The molecule has 41 heteroatoms. The SMILES string of the molecule is COC(=O)c1cc(Cl)c(OCC2CC2)cc1O.COC(=O)c1cc(Cl)c(OCC2CC2)cc1OCc1ccccc1.COC(=O)c1ccc(O)cc1O.COC(=O)c1ccc(OCC2CC2)cc1O.O=C(O)c1cc(Cl)c(OCC2CC2)cc1OCc1ccccc1.O=C(O)c1cn2c(cc1=O)-c1cc(Cl)c(OCC3CC3)cc1O[C@@H]2c1cscn1.O=C(O)c1cn2c(cc1=O)-c1cc(Cl)c(OCC3CC3)cc1O[C@H]2c1cscn1. The highest BCUT2D eigenvalue weighted by atomic mass is 35.5. The van der Waals surface area contributed by atoms with Crippen LogP contribution in [0.4, 0.5) is 0 Å². The largest absolute Gasteiger partial charge is 0.508 e. The molecule has 7 N–H and O–H groups in total. The number of methoxy groups -OCH3 is 4. The third-order valence-electron chi connectivity index (χ3n) is 24.1. The fraction of sp³-hybridized carbons (Fsp3) is 0.294. The van der Waals surface area contributed by atoms with E-state index < -0.39 is 65.1 Å². The number of carbonyl (C=O) groups is 7. The summed E-state index contributed by atoms with van der Waals surface area (Å²) in [5.74, 6) is 1.59. The molecule has 2 aliphatic heterocycles. The molecule has 0 saturated heterocycles. The number of carboxylic acids is 3. The van der Waals surface area contributed by atoms with Crippen molar-refractivity contribution in [2.75, 3.05) is 68.1 Å². The van der Waals surface area contributed by atoms with Gasteiger partial charge in [0.15, 0.2) is 10.9 Å². The Balaban J connectivity index is 0.000000133. The van der Waals surface area contributed by atoms with Gasteiger partial charge >= 0.3 is 41.8 Å². The molecule has 6 saturated carbocycles. The fourth-order valence-corrected chi connectivity index (χ4v) is 16.8. The Morgan fingerprint density at radius 3 is 1.03 bits per heavy atom. The molecule has 9 aromatic carbocycles. The number of aromatic carboxylic acids is 3. The molecular weight excluding hydrogens is 2090 g/mol. The summed E-state index contributed by atoms with van der Waals surface area (Å²) in [5, 5.41) is 70.7. The lowest BCUT2D eigenvalue weighted by atomic mass is 10.1. The van der Waals surface area contributed by atoms with Crippen molar-refractivity contribution < 1.29 is 136 Å². The molecule has 784 valence electrons. The molecule has 13 aromatic rings. The zero-order chi connectivity index (χ0) is 107. The number of ether oxygens (including phenoxy) is 14. The van der Waals surface area contributed by atoms with Gasteiger partial charge in [0, 0.05) is 88.9 Å². The molecule has 0 bridgehead atoms. The van der Waals surface area contributed by atoms with Gasteiger partial charge in [-0.2, -0.15) is 0 Å². The van der Waals surface area contributed by atoms with Crippen molar-refractivity contribution in [3.05, 3.63) is 311 Å². The highest BCUT2D eigenvalue weighted by molar-refractivity contribution is 7.07. The van der Waals surface area contributed by atoms with Crippen LogP contribution in [0.5, 0.6) is 80.5 Å². The van der Waals surface area contributed by atoms with Crippen LogP contribution in [0.25, 0.3) is 22.5 Å². The number of thiazole rings is 2. The third kappa shape index (κ3) is 29.8. The molecule has 0 radical (unpaired) electrons.